The standard InChI is InChI=1S/C11H23NOS/c1-9-5-4-6-11(7-9)12-8-10(2)14(3)13/h9-12H,4-8H2,1-3H3. The molecule has 1 N–H and O–H groups in total. The van der Waals surface area contributed by atoms with Crippen LogP contribution in [0.5, 0.6) is 0 Å². The third-order valence-corrected chi connectivity index (χ3v) is 4.50. The van der Waals surface area contributed by atoms with Crippen LogP contribution in [0.2, 0.25) is 0 Å². The van der Waals surface area contributed by atoms with E-state index in [0.29, 0.717) is 6.04 Å². The van der Waals surface area contributed by atoms with Gasteiger partial charge in [0.2, 0.25) is 0 Å². The normalized spacial score (nSPS) is 32.5. The largest absolute Gasteiger partial charge is 0.313 e. The molecular formula is C11H23NOS. The van der Waals surface area contributed by atoms with Crippen molar-refractivity contribution in [3.63, 3.8) is 0 Å². The van der Waals surface area contributed by atoms with Gasteiger partial charge >= 0.3 is 0 Å². The molecule has 1 saturated carbocycles. The molecule has 1 aliphatic rings. The summed E-state index contributed by atoms with van der Waals surface area (Å²) in [6, 6.07) is 0.671. The number of nitrogens with one attached hydrogen (secondary N) is 1. The lowest BCUT2D eigenvalue weighted by molar-refractivity contribution is 0.303. The van der Waals surface area contributed by atoms with Crippen molar-refractivity contribution in [2.45, 2.75) is 50.8 Å². The Morgan fingerprint density at radius 1 is 1.50 bits per heavy atom. The second-order valence-corrected chi connectivity index (χ2v) is 6.49. The number of hydrogen-bond donors (Lipinski definition) is 1. The molecule has 0 spiro atoms. The highest BCUT2D eigenvalue weighted by Gasteiger charge is 2.19. The van der Waals surface area contributed by atoms with Crippen molar-refractivity contribution in [2.24, 2.45) is 5.92 Å². The highest BCUT2D eigenvalue weighted by Crippen LogP contribution is 2.23. The number of rotatable bonds is 4. The van der Waals surface area contributed by atoms with E-state index < -0.39 is 10.8 Å². The van der Waals surface area contributed by atoms with Crippen molar-refractivity contribution in [3.8, 4) is 0 Å². The van der Waals surface area contributed by atoms with E-state index in [0.717, 1.165) is 12.5 Å². The van der Waals surface area contributed by atoms with Crippen LogP contribution in [0, 0.1) is 5.92 Å². The average molecular weight is 217 g/mol. The van der Waals surface area contributed by atoms with Crippen molar-refractivity contribution < 1.29 is 4.21 Å². The Labute approximate surface area is 90.3 Å². The fraction of sp³-hybridized carbons (Fsp3) is 1.00. The Morgan fingerprint density at radius 2 is 2.21 bits per heavy atom. The van der Waals surface area contributed by atoms with Crippen molar-refractivity contribution in [3.05, 3.63) is 0 Å². The van der Waals surface area contributed by atoms with Crippen LogP contribution < -0.4 is 5.32 Å². The predicted molar refractivity (Wildman–Crippen MR) is 63.0 cm³/mol. The van der Waals surface area contributed by atoms with Crippen molar-refractivity contribution in [1.82, 2.24) is 5.32 Å². The highest BCUT2D eigenvalue weighted by atomic mass is 32.2. The van der Waals surface area contributed by atoms with E-state index >= 15 is 0 Å². The van der Waals surface area contributed by atoms with Crippen LogP contribution in [0.3, 0.4) is 0 Å². The molecule has 0 saturated heterocycles. The molecule has 0 heterocycles. The molecule has 0 bridgehead atoms. The highest BCUT2D eigenvalue weighted by molar-refractivity contribution is 7.84. The molecule has 84 valence electrons. The van der Waals surface area contributed by atoms with E-state index in [1.54, 1.807) is 6.26 Å². The second-order valence-electron chi connectivity index (χ2n) is 4.69. The molecule has 14 heavy (non-hydrogen) atoms. The zero-order valence-electron chi connectivity index (χ0n) is 9.58. The molecule has 0 amide bonds. The van der Waals surface area contributed by atoms with Crippen LogP contribution in [-0.2, 0) is 10.8 Å². The summed E-state index contributed by atoms with van der Waals surface area (Å²) in [5.41, 5.74) is 0. The van der Waals surface area contributed by atoms with Crippen LogP contribution in [0.25, 0.3) is 0 Å². The molecule has 0 aromatic carbocycles. The fourth-order valence-corrected chi connectivity index (χ4v) is 2.40. The minimum atomic E-state index is -0.686. The Balaban J connectivity index is 2.20. The maximum absolute atomic E-state index is 11.2. The van der Waals surface area contributed by atoms with Crippen LogP contribution >= 0.6 is 0 Å². The van der Waals surface area contributed by atoms with Crippen LogP contribution in [0.15, 0.2) is 0 Å². The molecule has 1 aliphatic carbocycles. The van der Waals surface area contributed by atoms with E-state index in [1.807, 2.05) is 0 Å². The van der Waals surface area contributed by atoms with E-state index in [1.165, 1.54) is 25.7 Å². The SMILES string of the molecule is CC1CCCC(NCC(C)S(C)=O)C1. The third-order valence-electron chi connectivity index (χ3n) is 3.20. The summed E-state index contributed by atoms with van der Waals surface area (Å²) < 4.78 is 11.2. The molecule has 0 radical (unpaired) electrons. The van der Waals surface area contributed by atoms with Crippen molar-refractivity contribution >= 4 is 10.8 Å². The Bertz CT molecular complexity index is 196. The van der Waals surface area contributed by atoms with Gasteiger partial charge in [0.05, 0.1) is 0 Å². The summed E-state index contributed by atoms with van der Waals surface area (Å²) in [7, 11) is -0.686. The van der Waals surface area contributed by atoms with Gasteiger partial charge in [-0.25, -0.2) is 0 Å². The molecule has 0 aromatic heterocycles. The Morgan fingerprint density at radius 3 is 2.79 bits per heavy atom. The minimum Gasteiger partial charge on any atom is -0.313 e. The predicted octanol–water partition coefficient (Wildman–Crippen LogP) is 1.92. The van der Waals surface area contributed by atoms with Crippen molar-refractivity contribution in [1.29, 1.82) is 0 Å². The lowest BCUT2D eigenvalue weighted by atomic mass is 9.87. The van der Waals surface area contributed by atoms with Crippen LogP contribution in [-0.4, -0.2) is 28.3 Å². The van der Waals surface area contributed by atoms with Gasteiger partial charge in [0.25, 0.3) is 0 Å². The summed E-state index contributed by atoms with van der Waals surface area (Å²) in [4.78, 5) is 0. The topological polar surface area (TPSA) is 29.1 Å². The molecule has 1 fully saturated rings. The van der Waals surface area contributed by atoms with Crippen LogP contribution in [0.4, 0.5) is 0 Å². The number of hydrogen-bond acceptors (Lipinski definition) is 2. The summed E-state index contributed by atoms with van der Waals surface area (Å²) in [6.45, 7) is 5.28. The first-order chi connectivity index (χ1) is 6.59. The van der Waals surface area contributed by atoms with E-state index in [-0.39, 0.29) is 5.25 Å². The fourth-order valence-electron chi connectivity index (χ4n) is 2.07. The quantitative estimate of drug-likeness (QED) is 0.779. The molecule has 4 unspecified atom stereocenters. The van der Waals surface area contributed by atoms with Gasteiger partial charge in [0.1, 0.15) is 0 Å². The van der Waals surface area contributed by atoms with Gasteiger partial charge in [-0.1, -0.05) is 19.8 Å². The van der Waals surface area contributed by atoms with Gasteiger partial charge < -0.3 is 5.32 Å². The van der Waals surface area contributed by atoms with Gasteiger partial charge in [0.15, 0.2) is 0 Å². The smallest absolute Gasteiger partial charge is 0.0441 e. The van der Waals surface area contributed by atoms with Crippen LogP contribution in [0.1, 0.15) is 39.5 Å². The summed E-state index contributed by atoms with van der Waals surface area (Å²) in [6.07, 6.45) is 7.11. The molecule has 3 heteroatoms. The zero-order chi connectivity index (χ0) is 10.6. The van der Waals surface area contributed by atoms with E-state index in [4.69, 9.17) is 0 Å². The lowest BCUT2D eigenvalue weighted by Crippen LogP contribution is -2.38. The summed E-state index contributed by atoms with van der Waals surface area (Å²) in [5.74, 6) is 0.865. The molecule has 4 atom stereocenters. The van der Waals surface area contributed by atoms with Gasteiger partial charge in [-0.3, -0.25) is 4.21 Å². The van der Waals surface area contributed by atoms with Gasteiger partial charge in [-0.05, 0) is 25.7 Å². The molecule has 0 aliphatic heterocycles. The Hall–Kier alpha value is 0.110. The second kappa shape index (κ2) is 5.86. The molecule has 0 aromatic rings. The first-order valence-electron chi connectivity index (χ1n) is 5.65. The van der Waals surface area contributed by atoms with Crippen molar-refractivity contribution in [2.75, 3.05) is 12.8 Å². The first-order valence-corrected chi connectivity index (χ1v) is 7.27. The van der Waals surface area contributed by atoms with Gasteiger partial charge in [-0.2, -0.15) is 0 Å². The Kier molecular flexibility index (Phi) is 5.10. The minimum absolute atomic E-state index is 0.284. The van der Waals surface area contributed by atoms with E-state index in [9.17, 15) is 4.21 Å². The first kappa shape index (κ1) is 12.2. The van der Waals surface area contributed by atoms with Gasteiger partial charge in [-0.15, -0.1) is 0 Å². The third kappa shape index (κ3) is 4.09. The average Bonchev–Trinajstić information content (AvgIpc) is 2.14. The lowest BCUT2D eigenvalue weighted by Gasteiger charge is -2.28. The maximum atomic E-state index is 11.2. The summed E-state index contributed by atoms with van der Waals surface area (Å²) >= 11 is 0. The molecule has 2 nitrogen and oxygen atoms in total. The van der Waals surface area contributed by atoms with Gasteiger partial charge in [0, 0.05) is 34.9 Å². The zero-order valence-corrected chi connectivity index (χ0v) is 10.4. The van der Waals surface area contributed by atoms with E-state index in [2.05, 4.69) is 19.2 Å². The maximum Gasteiger partial charge on any atom is 0.0441 e. The monoisotopic (exact) mass is 217 g/mol. The summed E-state index contributed by atoms with van der Waals surface area (Å²) in [5, 5.41) is 3.82. The molecular weight excluding hydrogens is 194 g/mol. The molecule has 1 rings (SSSR count).